The number of nitrogens with one attached hydrogen (secondary N) is 1. The molecular formula is C18H20N6OS. The summed E-state index contributed by atoms with van der Waals surface area (Å²) in [6.45, 7) is 3.13. The number of hydrogen-bond donors (Lipinski definition) is 1. The first-order valence-corrected chi connectivity index (χ1v) is 9.90. The van der Waals surface area contributed by atoms with Gasteiger partial charge < -0.3 is 9.80 Å². The van der Waals surface area contributed by atoms with Gasteiger partial charge in [-0.15, -0.1) is 11.3 Å². The molecule has 0 spiro atoms. The highest BCUT2D eigenvalue weighted by molar-refractivity contribution is 7.16. The number of thiophene rings is 1. The van der Waals surface area contributed by atoms with E-state index in [2.05, 4.69) is 36.5 Å². The lowest BCUT2D eigenvalue weighted by molar-refractivity contribution is -0.136. The number of aryl methyl sites for hydroxylation is 1. The number of aromatic nitrogens is 4. The van der Waals surface area contributed by atoms with Crippen LogP contribution in [0.2, 0.25) is 0 Å². The Hall–Kier alpha value is -2.48. The van der Waals surface area contributed by atoms with E-state index in [1.54, 1.807) is 17.7 Å². The Kier molecular flexibility index (Phi) is 3.85. The highest BCUT2D eigenvalue weighted by Crippen LogP contribution is 2.29. The third-order valence-electron chi connectivity index (χ3n) is 5.50. The number of carbonyl (C=O) groups is 1. The molecule has 0 aromatic carbocycles. The molecule has 1 amide bonds. The number of aromatic amines is 1. The van der Waals surface area contributed by atoms with Crippen LogP contribution < -0.4 is 4.90 Å². The maximum atomic E-state index is 12.9. The summed E-state index contributed by atoms with van der Waals surface area (Å²) in [5.41, 5.74) is 2.40. The van der Waals surface area contributed by atoms with Gasteiger partial charge in [0.05, 0.1) is 11.6 Å². The molecular weight excluding hydrogens is 348 g/mol. The van der Waals surface area contributed by atoms with Crippen LogP contribution in [0.5, 0.6) is 0 Å². The molecule has 26 heavy (non-hydrogen) atoms. The molecule has 0 radical (unpaired) electrons. The lowest BCUT2D eigenvalue weighted by Gasteiger charge is -2.37. The van der Waals surface area contributed by atoms with Gasteiger partial charge >= 0.3 is 0 Å². The summed E-state index contributed by atoms with van der Waals surface area (Å²) in [5.74, 6) is 1.36. The zero-order chi connectivity index (χ0) is 17.5. The summed E-state index contributed by atoms with van der Waals surface area (Å²) in [5, 5.41) is 10.3. The topological polar surface area (TPSA) is 78.0 Å². The Morgan fingerprint density at radius 3 is 3.00 bits per heavy atom. The van der Waals surface area contributed by atoms with Crippen molar-refractivity contribution in [3.05, 3.63) is 35.2 Å². The third kappa shape index (κ3) is 2.65. The van der Waals surface area contributed by atoms with Crippen molar-refractivity contribution in [2.45, 2.75) is 19.3 Å². The first kappa shape index (κ1) is 15.7. The van der Waals surface area contributed by atoms with Crippen LogP contribution in [0, 0.1) is 5.92 Å². The second kappa shape index (κ2) is 6.35. The highest BCUT2D eigenvalue weighted by atomic mass is 32.1. The SMILES string of the molecule is O=C(C1CCc2cn[nH]c2C1)N1CCN(c2ncnc3sccc23)CC1. The zero-order valence-corrected chi connectivity index (χ0v) is 15.2. The van der Waals surface area contributed by atoms with Gasteiger partial charge in [-0.25, -0.2) is 9.97 Å². The number of hydrogen-bond acceptors (Lipinski definition) is 6. The van der Waals surface area contributed by atoms with Crippen LogP contribution in [0.25, 0.3) is 10.2 Å². The number of rotatable bonds is 2. The number of anilines is 1. The fraction of sp³-hybridized carbons (Fsp3) is 0.444. The normalized spacial score (nSPS) is 20.4. The third-order valence-corrected chi connectivity index (χ3v) is 6.32. The lowest BCUT2D eigenvalue weighted by Crippen LogP contribution is -2.51. The van der Waals surface area contributed by atoms with E-state index < -0.39 is 0 Å². The Bertz CT molecular complexity index is 942. The van der Waals surface area contributed by atoms with Gasteiger partial charge in [-0.1, -0.05) is 0 Å². The number of carbonyl (C=O) groups excluding carboxylic acids is 1. The average Bonchev–Trinajstić information content (AvgIpc) is 3.35. The standard InChI is InChI=1S/C18H20N6OS/c25-18(12-1-2-13-10-21-22-15(13)9-12)24-6-4-23(5-7-24)16-14-3-8-26-17(14)20-11-19-16/h3,8,10-12H,1-2,4-7,9H2,(H,21,22). The van der Waals surface area contributed by atoms with Crippen LogP contribution in [0.4, 0.5) is 5.82 Å². The van der Waals surface area contributed by atoms with E-state index >= 15 is 0 Å². The van der Waals surface area contributed by atoms with Crippen molar-refractivity contribution in [3.8, 4) is 0 Å². The van der Waals surface area contributed by atoms with Crippen molar-refractivity contribution in [3.63, 3.8) is 0 Å². The fourth-order valence-electron chi connectivity index (χ4n) is 4.04. The summed E-state index contributed by atoms with van der Waals surface area (Å²) < 4.78 is 0. The van der Waals surface area contributed by atoms with Gasteiger partial charge in [0.2, 0.25) is 5.91 Å². The predicted octanol–water partition coefficient (Wildman–Crippen LogP) is 1.87. The van der Waals surface area contributed by atoms with Gasteiger partial charge in [0.25, 0.3) is 0 Å². The van der Waals surface area contributed by atoms with Gasteiger partial charge in [0.15, 0.2) is 0 Å². The summed E-state index contributed by atoms with van der Waals surface area (Å²) in [4.78, 5) is 27.1. The maximum absolute atomic E-state index is 12.9. The molecule has 1 aliphatic carbocycles. The van der Waals surface area contributed by atoms with Crippen LogP contribution >= 0.6 is 11.3 Å². The van der Waals surface area contributed by atoms with E-state index in [0.29, 0.717) is 0 Å². The van der Waals surface area contributed by atoms with Gasteiger partial charge in [-0.3, -0.25) is 9.89 Å². The molecule has 1 N–H and O–H groups in total. The number of H-pyrrole nitrogens is 1. The molecule has 134 valence electrons. The Labute approximate surface area is 155 Å². The summed E-state index contributed by atoms with van der Waals surface area (Å²) in [7, 11) is 0. The maximum Gasteiger partial charge on any atom is 0.226 e. The van der Waals surface area contributed by atoms with E-state index in [9.17, 15) is 4.79 Å². The summed E-state index contributed by atoms with van der Waals surface area (Å²) >= 11 is 1.63. The minimum atomic E-state index is 0.0807. The van der Waals surface area contributed by atoms with Gasteiger partial charge in [-0.05, 0) is 29.9 Å². The predicted molar refractivity (Wildman–Crippen MR) is 100 cm³/mol. The van der Waals surface area contributed by atoms with Gasteiger partial charge in [-0.2, -0.15) is 5.10 Å². The molecule has 1 saturated heterocycles. The van der Waals surface area contributed by atoms with E-state index in [-0.39, 0.29) is 11.8 Å². The van der Waals surface area contributed by atoms with Crippen molar-refractivity contribution < 1.29 is 4.79 Å². The number of nitrogens with zero attached hydrogens (tertiary/aromatic N) is 5. The van der Waals surface area contributed by atoms with Crippen molar-refractivity contribution in [2.24, 2.45) is 5.92 Å². The quantitative estimate of drug-likeness (QED) is 0.747. The van der Waals surface area contributed by atoms with E-state index in [0.717, 1.165) is 67.2 Å². The molecule has 4 heterocycles. The van der Waals surface area contributed by atoms with E-state index in [1.165, 1.54) is 5.56 Å². The smallest absolute Gasteiger partial charge is 0.226 e. The van der Waals surface area contributed by atoms with Crippen LogP contribution in [0.15, 0.2) is 24.0 Å². The molecule has 3 aromatic rings. The fourth-order valence-corrected chi connectivity index (χ4v) is 4.77. The minimum absolute atomic E-state index is 0.0807. The molecule has 0 bridgehead atoms. The molecule has 1 atom stereocenters. The first-order chi connectivity index (χ1) is 12.8. The molecule has 0 saturated carbocycles. The largest absolute Gasteiger partial charge is 0.352 e. The molecule has 8 heteroatoms. The van der Waals surface area contributed by atoms with Crippen molar-refractivity contribution in [2.75, 3.05) is 31.1 Å². The lowest BCUT2D eigenvalue weighted by atomic mass is 9.87. The van der Waals surface area contributed by atoms with E-state index in [1.807, 2.05) is 11.1 Å². The van der Waals surface area contributed by atoms with E-state index in [4.69, 9.17) is 0 Å². The molecule has 1 aliphatic heterocycles. The number of piperazine rings is 1. The first-order valence-electron chi connectivity index (χ1n) is 9.02. The molecule has 2 aliphatic rings. The second-order valence-electron chi connectivity index (χ2n) is 6.96. The number of fused-ring (bicyclic) bond motifs is 2. The molecule has 3 aromatic heterocycles. The van der Waals surface area contributed by atoms with Crippen LogP contribution in [-0.4, -0.2) is 57.2 Å². The monoisotopic (exact) mass is 368 g/mol. The van der Waals surface area contributed by atoms with Crippen molar-refractivity contribution in [1.82, 2.24) is 25.1 Å². The van der Waals surface area contributed by atoms with Crippen molar-refractivity contribution >= 4 is 33.3 Å². The number of amides is 1. The zero-order valence-electron chi connectivity index (χ0n) is 14.4. The van der Waals surface area contributed by atoms with Crippen LogP contribution in [0.3, 0.4) is 0 Å². The summed E-state index contributed by atoms with van der Waals surface area (Å²) in [6, 6.07) is 2.08. The Balaban J connectivity index is 1.26. The molecule has 1 fully saturated rings. The molecule has 5 rings (SSSR count). The molecule has 1 unspecified atom stereocenters. The summed E-state index contributed by atoms with van der Waals surface area (Å²) in [6.07, 6.45) is 6.18. The Morgan fingerprint density at radius 2 is 2.12 bits per heavy atom. The van der Waals surface area contributed by atoms with Gasteiger partial charge in [0, 0.05) is 44.2 Å². The van der Waals surface area contributed by atoms with Gasteiger partial charge in [0.1, 0.15) is 17.0 Å². The highest BCUT2D eigenvalue weighted by Gasteiger charge is 2.31. The molecule has 7 nitrogen and oxygen atoms in total. The minimum Gasteiger partial charge on any atom is -0.352 e. The van der Waals surface area contributed by atoms with Crippen molar-refractivity contribution in [1.29, 1.82) is 0 Å². The second-order valence-corrected chi connectivity index (χ2v) is 7.86. The van der Waals surface area contributed by atoms with Crippen LogP contribution in [-0.2, 0) is 17.6 Å². The average molecular weight is 368 g/mol. The Morgan fingerprint density at radius 1 is 1.23 bits per heavy atom. The van der Waals surface area contributed by atoms with Crippen LogP contribution in [0.1, 0.15) is 17.7 Å².